The van der Waals surface area contributed by atoms with E-state index in [9.17, 15) is 0 Å². The predicted molar refractivity (Wildman–Crippen MR) is 58.1 cm³/mol. The van der Waals surface area contributed by atoms with Gasteiger partial charge in [-0.05, 0) is 62.0 Å². The first-order valence-electron chi connectivity index (χ1n) is 5.97. The maximum absolute atomic E-state index is 2.38. The Kier molecular flexibility index (Phi) is 1.93. The zero-order valence-electron chi connectivity index (χ0n) is 8.78. The van der Waals surface area contributed by atoms with Gasteiger partial charge >= 0.3 is 0 Å². The molecule has 2 bridgehead atoms. The Labute approximate surface area is 86.1 Å². The smallest absolute Gasteiger partial charge is 0.0276 e. The fourth-order valence-corrected chi connectivity index (χ4v) is 3.44. The first-order valence-corrected chi connectivity index (χ1v) is 5.97. The van der Waals surface area contributed by atoms with Gasteiger partial charge in [-0.15, -0.1) is 0 Å². The van der Waals surface area contributed by atoms with Crippen LogP contribution in [-0.4, -0.2) is 4.57 Å². The van der Waals surface area contributed by atoms with Crippen LogP contribution in [0.2, 0.25) is 0 Å². The Morgan fingerprint density at radius 3 is 2.14 bits per heavy atom. The van der Waals surface area contributed by atoms with Gasteiger partial charge < -0.3 is 4.57 Å². The van der Waals surface area contributed by atoms with Crippen LogP contribution in [0.5, 0.6) is 0 Å². The van der Waals surface area contributed by atoms with Gasteiger partial charge in [-0.25, -0.2) is 0 Å². The van der Waals surface area contributed by atoms with Gasteiger partial charge in [0.15, 0.2) is 0 Å². The molecule has 0 atom stereocenters. The fourth-order valence-electron chi connectivity index (χ4n) is 3.44. The first kappa shape index (κ1) is 8.58. The second kappa shape index (κ2) is 3.15. The molecule has 0 radical (unpaired) electrons. The molecule has 3 saturated carbocycles. The highest BCUT2D eigenvalue weighted by Crippen LogP contribution is 2.50. The number of nitrogens with zero attached hydrogens (tertiary/aromatic N) is 1. The van der Waals surface area contributed by atoms with Gasteiger partial charge in [0.2, 0.25) is 0 Å². The van der Waals surface area contributed by atoms with Crippen molar-refractivity contribution in [3.8, 4) is 0 Å². The lowest BCUT2D eigenvalue weighted by molar-refractivity contribution is 0.0483. The molecule has 3 aliphatic rings. The number of hydrogen-bond donors (Lipinski definition) is 0. The van der Waals surface area contributed by atoms with E-state index < -0.39 is 0 Å². The minimum absolute atomic E-state index is 0.674. The van der Waals surface area contributed by atoms with Crippen LogP contribution in [0, 0.1) is 11.3 Å². The second-order valence-corrected chi connectivity index (χ2v) is 5.34. The van der Waals surface area contributed by atoms with E-state index in [-0.39, 0.29) is 0 Å². The molecule has 3 fully saturated rings. The van der Waals surface area contributed by atoms with Crippen LogP contribution >= 0.6 is 0 Å². The summed E-state index contributed by atoms with van der Waals surface area (Å²) in [5.41, 5.74) is 0.674. The highest BCUT2D eigenvalue weighted by atomic mass is 14.9. The van der Waals surface area contributed by atoms with Gasteiger partial charge in [-0.2, -0.15) is 0 Å². The summed E-state index contributed by atoms with van der Waals surface area (Å²) in [5.74, 6) is 1.08. The van der Waals surface area contributed by atoms with E-state index in [1.54, 1.807) is 0 Å². The molecule has 1 heterocycles. The third kappa shape index (κ3) is 1.39. The molecule has 0 aromatic carbocycles. The topological polar surface area (TPSA) is 4.93 Å². The van der Waals surface area contributed by atoms with E-state index in [0.717, 1.165) is 5.92 Å². The third-order valence-electron chi connectivity index (χ3n) is 4.43. The van der Waals surface area contributed by atoms with Crippen LogP contribution in [0.25, 0.3) is 0 Å². The van der Waals surface area contributed by atoms with Crippen LogP contribution in [0.1, 0.15) is 38.5 Å². The van der Waals surface area contributed by atoms with Crippen molar-refractivity contribution < 1.29 is 0 Å². The molecule has 76 valence electrons. The Morgan fingerprint density at radius 2 is 1.57 bits per heavy atom. The van der Waals surface area contributed by atoms with Crippen LogP contribution in [-0.2, 0) is 6.54 Å². The quantitative estimate of drug-likeness (QED) is 0.671. The standard InChI is InChI=1S/C13H19N/c1-2-10-14(9-1)11-13-6-3-12(4-7-13)5-8-13/h1-2,9-10,12H,3-8,11H2. The average molecular weight is 189 g/mol. The summed E-state index contributed by atoms with van der Waals surface area (Å²) >= 11 is 0. The van der Waals surface area contributed by atoms with Gasteiger partial charge in [-0.1, -0.05) is 0 Å². The summed E-state index contributed by atoms with van der Waals surface area (Å²) in [6, 6.07) is 4.29. The number of aromatic nitrogens is 1. The molecule has 14 heavy (non-hydrogen) atoms. The van der Waals surface area contributed by atoms with Crippen molar-refractivity contribution in [3.05, 3.63) is 24.5 Å². The molecular formula is C13H19N. The Bertz CT molecular complexity index is 277. The van der Waals surface area contributed by atoms with Gasteiger partial charge in [-0.3, -0.25) is 0 Å². The number of hydrogen-bond acceptors (Lipinski definition) is 0. The highest BCUT2D eigenvalue weighted by Gasteiger charge is 2.40. The van der Waals surface area contributed by atoms with E-state index in [2.05, 4.69) is 29.1 Å². The largest absolute Gasteiger partial charge is 0.354 e. The molecule has 3 aliphatic carbocycles. The Hall–Kier alpha value is -0.720. The molecule has 0 aliphatic heterocycles. The van der Waals surface area contributed by atoms with E-state index in [1.807, 2.05) is 0 Å². The molecule has 1 heteroatoms. The molecular weight excluding hydrogens is 170 g/mol. The van der Waals surface area contributed by atoms with E-state index in [1.165, 1.54) is 45.1 Å². The van der Waals surface area contributed by atoms with Gasteiger partial charge in [0.25, 0.3) is 0 Å². The highest BCUT2D eigenvalue weighted by molar-refractivity contribution is 4.96. The minimum atomic E-state index is 0.674. The molecule has 1 aromatic rings. The van der Waals surface area contributed by atoms with Crippen molar-refractivity contribution in [3.63, 3.8) is 0 Å². The van der Waals surface area contributed by atoms with Crippen LogP contribution in [0.15, 0.2) is 24.5 Å². The molecule has 1 nitrogen and oxygen atoms in total. The zero-order chi connectivity index (χ0) is 9.43. The maximum Gasteiger partial charge on any atom is 0.0276 e. The van der Waals surface area contributed by atoms with Crippen molar-refractivity contribution >= 4 is 0 Å². The molecule has 4 rings (SSSR count). The summed E-state index contributed by atoms with van der Waals surface area (Å²) < 4.78 is 2.38. The van der Waals surface area contributed by atoms with Gasteiger partial charge in [0.1, 0.15) is 0 Å². The molecule has 0 spiro atoms. The number of fused-ring (bicyclic) bond motifs is 3. The van der Waals surface area contributed by atoms with Crippen molar-refractivity contribution in [1.82, 2.24) is 4.57 Å². The molecule has 0 unspecified atom stereocenters. The number of rotatable bonds is 2. The van der Waals surface area contributed by atoms with Crippen LogP contribution < -0.4 is 0 Å². The Morgan fingerprint density at radius 1 is 1.00 bits per heavy atom. The average Bonchev–Trinajstić information content (AvgIpc) is 2.72. The predicted octanol–water partition coefficient (Wildman–Crippen LogP) is 3.46. The van der Waals surface area contributed by atoms with E-state index in [0.29, 0.717) is 5.41 Å². The van der Waals surface area contributed by atoms with E-state index in [4.69, 9.17) is 0 Å². The monoisotopic (exact) mass is 189 g/mol. The van der Waals surface area contributed by atoms with Crippen molar-refractivity contribution in [2.45, 2.75) is 45.1 Å². The SMILES string of the molecule is c1ccn(CC23CCC(CC2)CC3)c1. The van der Waals surface area contributed by atoms with Gasteiger partial charge in [0, 0.05) is 18.9 Å². The van der Waals surface area contributed by atoms with Crippen molar-refractivity contribution in [2.24, 2.45) is 11.3 Å². The zero-order valence-corrected chi connectivity index (χ0v) is 8.78. The van der Waals surface area contributed by atoms with Crippen molar-refractivity contribution in [2.75, 3.05) is 0 Å². The second-order valence-electron chi connectivity index (χ2n) is 5.34. The molecule has 0 saturated heterocycles. The Balaban J connectivity index is 1.76. The lowest BCUT2D eigenvalue weighted by Crippen LogP contribution is -2.37. The fraction of sp³-hybridized carbons (Fsp3) is 0.692. The van der Waals surface area contributed by atoms with E-state index >= 15 is 0 Å². The summed E-state index contributed by atoms with van der Waals surface area (Å²) in [6.45, 7) is 1.27. The minimum Gasteiger partial charge on any atom is -0.354 e. The maximum atomic E-state index is 2.38. The summed E-state index contributed by atoms with van der Waals surface area (Å²) in [4.78, 5) is 0. The molecule has 1 aromatic heterocycles. The first-order chi connectivity index (χ1) is 6.86. The normalized spacial score (nSPS) is 36.1. The summed E-state index contributed by atoms with van der Waals surface area (Å²) in [7, 11) is 0. The lowest BCUT2D eigenvalue weighted by atomic mass is 9.61. The molecule has 0 N–H and O–H groups in total. The summed E-state index contributed by atoms with van der Waals surface area (Å²) in [5, 5.41) is 0. The van der Waals surface area contributed by atoms with Crippen LogP contribution in [0.4, 0.5) is 0 Å². The summed E-state index contributed by atoms with van der Waals surface area (Å²) in [6.07, 6.45) is 13.4. The lowest BCUT2D eigenvalue weighted by Gasteiger charge is -2.46. The van der Waals surface area contributed by atoms with Gasteiger partial charge in [0.05, 0.1) is 0 Å². The molecule has 0 amide bonds. The third-order valence-corrected chi connectivity index (χ3v) is 4.43. The van der Waals surface area contributed by atoms with Crippen molar-refractivity contribution in [1.29, 1.82) is 0 Å². The van der Waals surface area contributed by atoms with Crippen LogP contribution in [0.3, 0.4) is 0 Å².